The molecule has 0 radical (unpaired) electrons. The number of benzene rings is 1. The van der Waals surface area contributed by atoms with Crippen molar-refractivity contribution in [1.82, 2.24) is 10.0 Å². The molecule has 2 rings (SSSR count). The number of aliphatic imine (C=N–C) groups is 1. The third kappa shape index (κ3) is 4.89. The molecular formula is C15H19N3O4S2. The lowest BCUT2D eigenvalue weighted by Crippen LogP contribution is -2.53. The minimum Gasteiger partial charge on any atom is -0.275 e. The summed E-state index contributed by atoms with van der Waals surface area (Å²) in [6, 6.07) is 7.27. The van der Waals surface area contributed by atoms with Gasteiger partial charge in [-0.25, -0.2) is 22.9 Å². The molecule has 1 aliphatic rings. The first-order valence-electron chi connectivity index (χ1n) is 7.31. The standard InChI is InChI=1S/C15H19N3O4S2/c1-10-4-3-5-12(8-10)9-23-7-6-16-24(21,22)13-11(2)17-15(20)18-14(13)19/h3-5,8,13,16H,6-7,9H2,1-2H3,(H,18,19,20). The number of nitrogens with one attached hydrogen (secondary N) is 2. The number of aryl methyl sites for hydroxylation is 1. The highest BCUT2D eigenvalue weighted by molar-refractivity contribution is 7.98. The van der Waals surface area contributed by atoms with Crippen LogP contribution in [0.3, 0.4) is 0 Å². The second-order valence-corrected chi connectivity index (χ2v) is 8.36. The fourth-order valence-electron chi connectivity index (χ4n) is 2.30. The molecule has 0 aromatic heterocycles. The van der Waals surface area contributed by atoms with E-state index in [4.69, 9.17) is 0 Å². The van der Waals surface area contributed by atoms with Crippen molar-refractivity contribution >= 4 is 39.4 Å². The molecular weight excluding hydrogens is 350 g/mol. The number of amides is 3. The Kier molecular flexibility index (Phi) is 6.14. The number of hydrogen-bond donors (Lipinski definition) is 2. The van der Waals surface area contributed by atoms with E-state index in [0.29, 0.717) is 5.75 Å². The van der Waals surface area contributed by atoms with Crippen LogP contribution in [0.15, 0.2) is 29.3 Å². The first-order chi connectivity index (χ1) is 11.3. The molecule has 0 saturated carbocycles. The monoisotopic (exact) mass is 369 g/mol. The first-order valence-corrected chi connectivity index (χ1v) is 10.0. The molecule has 2 N–H and O–H groups in total. The third-order valence-electron chi connectivity index (χ3n) is 3.34. The maximum atomic E-state index is 12.2. The van der Waals surface area contributed by atoms with Gasteiger partial charge in [0, 0.05) is 23.8 Å². The van der Waals surface area contributed by atoms with Gasteiger partial charge in [0.2, 0.25) is 10.0 Å². The predicted octanol–water partition coefficient (Wildman–Crippen LogP) is 1.23. The van der Waals surface area contributed by atoms with Crippen LogP contribution in [-0.4, -0.2) is 43.6 Å². The molecule has 1 aliphatic heterocycles. The molecule has 1 aromatic carbocycles. The van der Waals surface area contributed by atoms with Gasteiger partial charge in [-0.1, -0.05) is 29.8 Å². The van der Waals surface area contributed by atoms with Gasteiger partial charge in [0.25, 0.3) is 5.91 Å². The minimum atomic E-state index is -3.92. The van der Waals surface area contributed by atoms with Gasteiger partial charge in [-0.05, 0) is 19.4 Å². The van der Waals surface area contributed by atoms with Crippen molar-refractivity contribution in [1.29, 1.82) is 0 Å². The smallest absolute Gasteiger partial charge is 0.275 e. The summed E-state index contributed by atoms with van der Waals surface area (Å²) in [6.45, 7) is 3.57. The van der Waals surface area contributed by atoms with E-state index < -0.39 is 27.2 Å². The van der Waals surface area contributed by atoms with E-state index in [0.717, 1.165) is 5.75 Å². The lowest BCUT2D eigenvalue weighted by Gasteiger charge is -2.20. The molecule has 3 amide bonds. The van der Waals surface area contributed by atoms with Crippen molar-refractivity contribution in [3.63, 3.8) is 0 Å². The Morgan fingerprint density at radius 1 is 1.29 bits per heavy atom. The summed E-state index contributed by atoms with van der Waals surface area (Å²) in [4.78, 5) is 26.3. The Balaban J connectivity index is 1.84. The van der Waals surface area contributed by atoms with Crippen LogP contribution in [0.5, 0.6) is 0 Å². The summed E-state index contributed by atoms with van der Waals surface area (Å²) in [5.74, 6) is 0.478. The van der Waals surface area contributed by atoms with Crippen LogP contribution < -0.4 is 10.0 Å². The highest BCUT2D eigenvalue weighted by atomic mass is 32.2. The van der Waals surface area contributed by atoms with Crippen LogP contribution in [0.1, 0.15) is 18.1 Å². The highest BCUT2D eigenvalue weighted by Crippen LogP contribution is 2.13. The predicted molar refractivity (Wildman–Crippen MR) is 94.7 cm³/mol. The number of carbonyl (C=O) groups excluding carboxylic acids is 2. The van der Waals surface area contributed by atoms with Crippen molar-refractivity contribution < 1.29 is 18.0 Å². The van der Waals surface area contributed by atoms with E-state index in [1.807, 2.05) is 30.4 Å². The summed E-state index contributed by atoms with van der Waals surface area (Å²) >= 11 is 1.59. The number of sulfonamides is 1. The molecule has 130 valence electrons. The molecule has 0 aliphatic carbocycles. The van der Waals surface area contributed by atoms with Crippen molar-refractivity contribution in [3.05, 3.63) is 35.4 Å². The van der Waals surface area contributed by atoms with Gasteiger partial charge in [0.05, 0.1) is 0 Å². The zero-order valence-corrected chi connectivity index (χ0v) is 15.0. The lowest BCUT2D eigenvalue weighted by molar-refractivity contribution is -0.118. The Morgan fingerprint density at radius 3 is 2.71 bits per heavy atom. The van der Waals surface area contributed by atoms with Crippen molar-refractivity contribution in [2.24, 2.45) is 4.99 Å². The van der Waals surface area contributed by atoms with E-state index in [2.05, 4.69) is 15.8 Å². The van der Waals surface area contributed by atoms with E-state index in [1.165, 1.54) is 18.1 Å². The number of hydrogen-bond acceptors (Lipinski definition) is 5. The van der Waals surface area contributed by atoms with E-state index >= 15 is 0 Å². The SMILES string of the molecule is CC1=NC(=O)NC(=O)C1S(=O)(=O)NCCSCc1cccc(C)c1. The summed E-state index contributed by atoms with van der Waals surface area (Å²) in [5.41, 5.74) is 2.33. The minimum absolute atomic E-state index is 0.0244. The van der Waals surface area contributed by atoms with Crippen LogP contribution in [0.2, 0.25) is 0 Å². The molecule has 24 heavy (non-hydrogen) atoms. The summed E-state index contributed by atoms with van der Waals surface area (Å²) in [6.07, 6.45) is 0. The highest BCUT2D eigenvalue weighted by Gasteiger charge is 2.38. The Hall–Kier alpha value is -1.71. The number of carbonyl (C=O) groups is 2. The van der Waals surface area contributed by atoms with Crippen molar-refractivity contribution in [2.75, 3.05) is 12.3 Å². The van der Waals surface area contributed by atoms with Crippen LogP contribution in [0.25, 0.3) is 0 Å². The molecule has 7 nitrogen and oxygen atoms in total. The number of thioether (sulfide) groups is 1. The molecule has 1 aromatic rings. The van der Waals surface area contributed by atoms with Gasteiger partial charge in [0.1, 0.15) is 0 Å². The maximum Gasteiger partial charge on any atom is 0.347 e. The van der Waals surface area contributed by atoms with E-state index in [1.54, 1.807) is 11.8 Å². The molecule has 0 bridgehead atoms. The Bertz CT molecular complexity index is 775. The van der Waals surface area contributed by atoms with Crippen LogP contribution in [0, 0.1) is 6.92 Å². The third-order valence-corrected chi connectivity index (χ3v) is 6.15. The second-order valence-electron chi connectivity index (χ2n) is 5.41. The quantitative estimate of drug-likeness (QED) is 0.703. The number of nitrogens with zero attached hydrogens (tertiary/aromatic N) is 1. The second kappa shape index (κ2) is 7.91. The molecule has 0 fully saturated rings. The van der Waals surface area contributed by atoms with Crippen LogP contribution in [-0.2, 0) is 20.6 Å². The van der Waals surface area contributed by atoms with Crippen molar-refractivity contribution in [2.45, 2.75) is 24.9 Å². The van der Waals surface area contributed by atoms with Gasteiger partial charge in [0.15, 0.2) is 5.25 Å². The Morgan fingerprint density at radius 2 is 2.04 bits per heavy atom. The lowest BCUT2D eigenvalue weighted by atomic mass is 10.2. The van der Waals surface area contributed by atoms with E-state index in [-0.39, 0.29) is 12.3 Å². The Labute approximate surface area is 145 Å². The zero-order chi connectivity index (χ0) is 17.7. The number of imide groups is 1. The van der Waals surface area contributed by atoms with Crippen LogP contribution >= 0.6 is 11.8 Å². The summed E-state index contributed by atoms with van der Waals surface area (Å²) < 4.78 is 26.8. The molecule has 0 spiro atoms. The van der Waals surface area contributed by atoms with Gasteiger partial charge in [-0.15, -0.1) is 0 Å². The van der Waals surface area contributed by atoms with E-state index in [9.17, 15) is 18.0 Å². The first kappa shape index (κ1) is 18.6. The topological polar surface area (TPSA) is 105 Å². The average molecular weight is 369 g/mol. The number of rotatable bonds is 7. The van der Waals surface area contributed by atoms with Gasteiger partial charge >= 0.3 is 6.03 Å². The summed E-state index contributed by atoms with van der Waals surface area (Å²) in [7, 11) is -3.92. The molecule has 1 atom stereocenters. The normalized spacial score (nSPS) is 18.2. The molecule has 1 unspecified atom stereocenters. The van der Waals surface area contributed by atoms with Crippen LogP contribution in [0.4, 0.5) is 4.79 Å². The molecule has 1 heterocycles. The van der Waals surface area contributed by atoms with Gasteiger partial charge < -0.3 is 0 Å². The fraction of sp³-hybridized carbons (Fsp3) is 0.400. The molecule has 0 saturated heterocycles. The zero-order valence-electron chi connectivity index (χ0n) is 13.4. The average Bonchev–Trinajstić information content (AvgIpc) is 2.45. The fourth-order valence-corrected chi connectivity index (χ4v) is 4.64. The van der Waals surface area contributed by atoms with Gasteiger partial charge in [-0.3, -0.25) is 10.1 Å². The largest absolute Gasteiger partial charge is 0.347 e. The van der Waals surface area contributed by atoms with Crippen molar-refractivity contribution in [3.8, 4) is 0 Å². The maximum absolute atomic E-state index is 12.2. The van der Waals surface area contributed by atoms with Gasteiger partial charge in [-0.2, -0.15) is 11.8 Å². The molecule has 9 heteroatoms. The summed E-state index contributed by atoms with van der Waals surface area (Å²) in [5, 5.41) is 0.443. The number of urea groups is 1.